The number of amides is 1. The van der Waals surface area contributed by atoms with Crippen LogP contribution < -0.4 is 5.11 Å². The molecule has 0 bridgehead atoms. The van der Waals surface area contributed by atoms with E-state index < -0.39 is 5.97 Å². The molecule has 0 unspecified atom stereocenters. The van der Waals surface area contributed by atoms with Crippen molar-refractivity contribution in [3.8, 4) is 0 Å². The number of aliphatic carboxylic acids is 1. The highest BCUT2D eigenvalue weighted by Crippen LogP contribution is 2.04. The van der Waals surface area contributed by atoms with Gasteiger partial charge in [0.15, 0.2) is 0 Å². The first-order valence-corrected chi connectivity index (χ1v) is 5.35. The minimum absolute atomic E-state index is 0.333. The van der Waals surface area contributed by atoms with Crippen LogP contribution in [0.2, 0.25) is 0 Å². The fraction of sp³-hybridized carbons (Fsp3) is 0.231. The van der Waals surface area contributed by atoms with Gasteiger partial charge in [-0.15, -0.1) is 0 Å². The number of likely N-dealkylation sites (N-methyl/N-ethyl adjacent to an activating group) is 1. The van der Waals surface area contributed by atoms with Crippen LogP contribution in [0.1, 0.15) is 12.5 Å². The van der Waals surface area contributed by atoms with Crippen LogP contribution in [0, 0.1) is 0 Å². The van der Waals surface area contributed by atoms with E-state index in [1.807, 2.05) is 37.3 Å². The molecule has 1 rings (SSSR count). The standard InChI is InChI=1S/C13H15NO3/c1-2-14(12(15)8-9-13(16)17)10-11-6-4-3-5-7-11/h3-9H,2,10H2,1H3,(H,16,17)/p-1. The predicted octanol–water partition coefficient (Wildman–Crippen LogP) is 0.341. The van der Waals surface area contributed by atoms with E-state index in [1.54, 1.807) is 4.90 Å². The fourth-order valence-corrected chi connectivity index (χ4v) is 1.39. The zero-order valence-electron chi connectivity index (χ0n) is 9.63. The zero-order chi connectivity index (χ0) is 12.7. The van der Waals surface area contributed by atoms with Crippen molar-refractivity contribution in [1.29, 1.82) is 0 Å². The van der Waals surface area contributed by atoms with Gasteiger partial charge >= 0.3 is 0 Å². The second kappa shape index (κ2) is 6.48. The zero-order valence-corrected chi connectivity index (χ0v) is 9.63. The molecule has 0 atom stereocenters. The highest BCUT2D eigenvalue weighted by atomic mass is 16.4. The number of carboxylic acid groups (broad SMARTS) is 1. The van der Waals surface area contributed by atoms with Gasteiger partial charge in [0.2, 0.25) is 5.91 Å². The van der Waals surface area contributed by atoms with Crippen LogP contribution in [-0.2, 0) is 16.1 Å². The molecule has 1 amide bonds. The van der Waals surface area contributed by atoms with Crippen molar-refractivity contribution in [3.63, 3.8) is 0 Å². The minimum Gasteiger partial charge on any atom is -0.545 e. The third-order valence-electron chi connectivity index (χ3n) is 2.27. The van der Waals surface area contributed by atoms with E-state index in [1.165, 1.54) is 0 Å². The van der Waals surface area contributed by atoms with Gasteiger partial charge in [0.05, 0.1) is 5.97 Å². The average Bonchev–Trinajstić information content (AvgIpc) is 2.34. The molecule has 0 aliphatic rings. The van der Waals surface area contributed by atoms with Gasteiger partial charge in [0.25, 0.3) is 0 Å². The van der Waals surface area contributed by atoms with Gasteiger partial charge in [-0.05, 0) is 18.6 Å². The molecule has 0 radical (unpaired) electrons. The van der Waals surface area contributed by atoms with Crippen LogP contribution in [0.15, 0.2) is 42.5 Å². The largest absolute Gasteiger partial charge is 0.545 e. The molecule has 0 fully saturated rings. The van der Waals surface area contributed by atoms with E-state index in [0.29, 0.717) is 13.1 Å². The molecule has 1 aromatic carbocycles. The molecule has 0 saturated carbocycles. The summed E-state index contributed by atoms with van der Waals surface area (Å²) in [5.74, 6) is -1.70. The Bertz CT molecular complexity index is 412. The topological polar surface area (TPSA) is 60.4 Å². The number of carboxylic acids is 1. The van der Waals surface area contributed by atoms with E-state index in [0.717, 1.165) is 17.7 Å². The van der Waals surface area contributed by atoms with Crippen molar-refractivity contribution in [3.05, 3.63) is 48.0 Å². The SMILES string of the molecule is CCN(Cc1ccccc1)C(=O)C=CC(=O)[O-]. The van der Waals surface area contributed by atoms with Crippen molar-refractivity contribution >= 4 is 11.9 Å². The first-order chi connectivity index (χ1) is 8.13. The number of carbonyl (C=O) groups excluding carboxylic acids is 2. The van der Waals surface area contributed by atoms with E-state index in [2.05, 4.69) is 0 Å². The number of carbonyl (C=O) groups is 2. The lowest BCUT2D eigenvalue weighted by Crippen LogP contribution is -2.29. The predicted molar refractivity (Wildman–Crippen MR) is 61.7 cm³/mol. The fourth-order valence-electron chi connectivity index (χ4n) is 1.39. The van der Waals surface area contributed by atoms with Gasteiger partial charge in [-0.3, -0.25) is 4.79 Å². The Morgan fingerprint density at radius 2 is 1.88 bits per heavy atom. The molecule has 17 heavy (non-hydrogen) atoms. The third-order valence-corrected chi connectivity index (χ3v) is 2.27. The van der Waals surface area contributed by atoms with E-state index >= 15 is 0 Å². The van der Waals surface area contributed by atoms with Crippen molar-refractivity contribution in [1.82, 2.24) is 4.90 Å². The monoisotopic (exact) mass is 232 g/mol. The second-order valence-corrected chi connectivity index (χ2v) is 3.49. The molecule has 90 valence electrons. The Morgan fingerprint density at radius 3 is 2.41 bits per heavy atom. The van der Waals surface area contributed by atoms with Gasteiger partial charge < -0.3 is 14.8 Å². The molecule has 0 N–H and O–H groups in total. The summed E-state index contributed by atoms with van der Waals surface area (Å²) in [6.45, 7) is 2.83. The second-order valence-electron chi connectivity index (χ2n) is 3.49. The third kappa shape index (κ3) is 4.51. The van der Waals surface area contributed by atoms with Crippen LogP contribution in [0.5, 0.6) is 0 Å². The molecule has 0 saturated heterocycles. The maximum atomic E-state index is 11.6. The van der Waals surface area contributed by atoms with Crippen LogP contribution in [0.4, 0.5) is 0 Å². The molecule has 0 aliphatic heterocycles. The first-order valence-electron chi connectivity index (χ1n) is 5.35. The van der Waals surface area contributed by atoms with Gasteiger partial charge in [0, 0.05) is 19.2 Å². The van der Waals surface area contributed by atoms with Crippen molar-refractivity contribution < 1.29 is 14.7 Å². The maximum Gasteiger partial charge on any atom is 0.246 e. The van der Waals surface area contributed by atoms with E-state index in [4.69, 9.17) is 0 Å². The molecule has 1 aromatic rings. The summed E-state index contributed by atoms with van der Waals surface area (Å²) >= 11 is 0. The number of hydrogen-bond acceptors (Lipinski definition) is 3. The molecule has 4 nitrogen and oxygen atoms in total. The van der Waals surface area contributed by atoms with Crippen LogP contribution in [0.3, 0.4) is 0 Å². The van der Waals surface area contributed by atoms with Gasteiger partial charge in [-0.25, -0.2) is 0 Å². The Labute approximate surface area is 100 Å². The number of benzene rings is 1. The highest BCUT2D eigenvalue weighted by molar-refractivity contribution is 5.93. The molecule has 0 heterocycles. The first kappa shape index (κ1) is 13.0. The molecule has 0 aliphatic carbocycles. The minimum atomic E-state index is -1.37. The number of rotatable bonds is 5. The van der Waals surface area contributed by atoms with Gasteiger partial charge in [-0.1, -0.05) is 30.3 Å². The van der Waals surface area contributed by atoms with E-state index in [-0.39, 0.29) is 5.91 Å². The van der Waals surface area contributed by atoms with Crippen LogP contribution in [0.25, 0.3) is 0 Å². The molecular weight excluding hydrogens is 218 g/mol. The molecule has 4 heteroatoms. The summed E-state index contributed by atoms with van der Waals surface area (Å²) in [7, 11) is 0. The number of nitrogens with zero attached hydrogens (tertiary/aromatic N) is 1. The highest BCUT2D eigenvalue weighted by Gasteiger charge is 2.08. The van der Waals surface area contributed by atoms with Gasteiger partial charge in [-0.2, -0.15) is 0 Å². The quantitative estimate of drug-likeness (QED) is 0.688. The van der Waals surface area contributed by atoms with Crippen molar-refractivity contribution in [2.24, 2.45) is 0 Å². The Hall–Kier alpha value is -2.10. The summed E-state index contributed by atoms with van der Waals surface area (Å²) in [5.41, 5.74) is 1.00. The summed E-state index contributed by atoms with van der Waals surface area (Å²) in [4.78, 5) is 23.4. The van der Waals surface area contributed by atoms with Crippen molar-refractivity contribution in [2.75, 3.05) is 6.54 Å². The summed E-state index contributed by atoms with van der Waals surface area (Å²) in [5, 5.41) is 10.2. The number of hydrogen-bond donors (Lipinski definition) is 0. The summed E-state index contributed by atoms with van der Waals surface area (Å²) in [6, 6.07) is 9.52. The van der Waals surface area contributed by atoms with Crippen molar-refractivity contribution in [2.45, 2.75) is 13.5 Å². The summed E-state index contributed by atoms with van der Waals surface area (Å²) in [6.07, 6.45) is 1.76. The lowest BCUT2D eigenvalue weighted by atomic mass is 10.2. The smallest absolute Gasteiger partial charge is 0.246 e. The van der Waals surface area contributed by atoms with Crippen LogP contribution >= 0.6 is 0 Å². The lowest BCUT2D eigenvalue weighted by Gasteiger charge is -2.19. The Morgan fingerprint density at radius 1 is 1.24 bits per heavy atom. The average molecular weight is 232 g/mol. The van der Waals surface area contributed by atoms with E-state index in [9.17, 15) is 14.7 Å². The maximum absolute atomic E-state index is 11.6. The molecular formula is C13H14NO3-. The lowest BCUT2D eigenvalue weighted by molar-refractivity contribution is -0.297. The Balaban J connectivity index is 2.66. The summed E-state index contributed by atoms with van der Waals surface area (Å²) < 4.78 is 0. The van der Waals surface area contributed by atoms with Gasteiger partial charge in [0.1, 0.15) is 0 Å². The van der Waals surface area contributed by atoms with Crippen LogP contribution in [-0.4, -0.2) is 23.3 Å². The molecule has 0 spiro atoms. The Kier molecular flexibility index (Phi) is 4.94. The molecule has 0 aromatic heterocycles. The normalized spacial score (nSPS) is 10.4.